The predicted octanol–water partition coefficient (Wildman–Crippen LogP) is 25.6. The largest absolute Gasteiger partial charge is 0.489 e. The van der Waals surface area contributed by atoms with Gasteiger partial charge in [0.1, 0.15) is 22.3 Å². The maximum atomic E-state index is 9.94. The minimum Gasteiger partial charge on any atom is -0.455 e. The molecular formula is C102H66BBrO4. The number of para-hydroxylation sites is 2. The highest BCUT2D eigenvalue weighted by Gasteiger charge is 2.50. The molecule has 0 bridgehead atoms. The van der Waals surface area contributed by atoms with E-state index in [0.29, 0.717) is 5.46 Å². The molecule has 108 heavy (non-hydrogen) atoms. The van der Waals surface area contributed by atoms with Crippen molar-refractivity contribution in [2.24, 2.45) is 0 Å². The number of halogens is 1. The number of fused-ring (bicyclic) bond motifs is 18. The Morgan fingerprint density at radius 2 is 0.528 bits per heavy atom. The average Bonchev–Trinajstić information content (AvgIpc) is 1.52. The van der Waals surface area contributed by atoms with Crippen LogP contribution in [0, 0.1) is 0 Å². The van der Waals surface area contributed by atoms with E-state index in [1.54, 1.807) is 0 Å². The zero-order valence-electron chi connectivity index (χ0n) is 58.6. The van der Waals surface area contributed by atoms with Gasteiger partial charge in [-0.1, -0.05) is 380 Å². The second kappa shape index (κ2) is 26.3. The average molecular weight is 1450 g/mol. The summed E-state index contributed by atoms with van der Waals surface area (Å²) in [7, 11) is -1.50. The lowest BCUT2D eigenvalue weighted by atomic mass is 9.67. The Balaban J connectivity index is 0.000000117. The first-order valence-corrected chi connectivity index (χ1v) is 37.6. The van der Waals surface area contributed by atoms with E-state index in [0.717, 1.165) is 81.0 Å². The van der Waals surface area contributed by atoms with Crippen LogP contribution in [0.25, 0.3) is 143 Å². The lowest BCUT2D eigenvalue weighted by Gasteiger charge is -2.34. The third-order valence-corrected chi connectivity index (χ3v) is 23.3. The normalized spacial score (nSPS) is 12.9. The molecule has 22 rings (SSSR count). The fourth-order valence-corrected chi connectivity index (χ4v) is 19.1. The fourth-order valence-electron chi connectivity index (χ4n) is 18.4. The van der Waals surface area contributed by atoms with Crippen molar-refractivity contribution in [2.45, 2.75) is 10.8 Å². The van der Waals surface area contributed by atoms with E-state index in [4.69, 9.17) is 8.83 Å². The molecule has 2 aliphatic carbocycles. The molecule has 2 aromatic heterocycles. The highest BCUT2D eigenvalue weighted by molar-refractivity contribution is 9.10. The van der Waals surface area contributed by atoms with Crippen LogP contribution in [-0.4, -0.2) is 17.2 Å². The van der Waals surface area contributed by atoms with Gasteiger partial charge in [0.05, 0.1) is 10.8 Å². The van der Waals surface area contributed by atoms with Crippen molar-refractivity contribution in [3.05, 3.63) is 437 Å². The smallest absolute Gasteiger partial charge is 0.455 e. The van der Waals surface area contributed by atoms with Crippen LogP contribution in [0.15, 0.2) is 402 Å². The predicted molar refractivity (Wildman–Crippen MR) is 452 cm³/mol. The molecule has 2 N–H and O–H groups in total. The van der Waals surface area contributed by atoms with Crippen LogP contribution in [0.2, 0.25) is 0 Å². The summed E-state index contributed by atoms with van der Waals surface area (Å²) in [6.45, 7) is 0. The Labute approximate surface area is 633 Å². The molecule has 2 aliphatic rings. The molecule has 0 amide bonds. The summed E-state index contributed by atoms with van der Waals surface area (Å²) in [5.41, 5.74) is 25.3. The Kier molecular flexibility index (Phi) is 15.7. The fraction of sp³-hybridized carbons (Fsp3) is 0.0196. The molecule has 0 spiro atoms. The molecule has 20 aromatic rings. The van der Waals surface area contributed by atoms with E-state index in [1.165, 1.54) is 111 Å². The van der Waals surface area contributed by atoms with Gasteiger partial charge in [-0.25, -0.2) is 0 Å². The number of rotatable bonds is 8. The number of benzene rings is 18. The Morgan fingerprint density at radius 1 is 0.241 bits per heavy atom. The lowest BCUT2D eigenvalue weighted by Crippen LogP contribution is -2.31. The molecule has 0 radical (unpaired) electrons. The topological polar surface area (TPSA) is 66.7 Å². The van der Waals surface area contributed by atoms with Crippen molar-refractivity contribution >= 4 is 115 Å². The van der Waals surface area contributed by atoms with Crippen molar-refractivity contribution in [3.8, 4) is 55.6 Å². The maximum absolute atomic E-state index is 9.94. The van der Waals surface area contributed by atoms with Crippen LogP contribution in [-0.2, 0) is 10.8 Å². The molecule has 6 heteroatoms. The molecule has 0 saturated heterocycles. The van der Waals surface area contributed by atoms with E-state index in [9.17, 15) is 10.0 Å². The van der Waals surface area contributed by atoms with Gasteiger partial charge < -0.3 is 18.9 Å². The standard InChI is InChI=1S/C51H32O.C31H19BrO.C20H15BO2/c1-4-18-33(19-5-1)46-36-24-10-12-26-38(36)47(39-27-13-11-25-37(39)46)42-32-44-49(50-48(42)41-29-15-17-31-45(41)52-50)40-28-14-16-30-43(40)51(44,34-20-6-2-7-21-34)35-22-8-3-9-23-35;32-26-19-25-28(30-29(26)23-16-8-10-18-27(23)33-30)22-15-7-9-17-24(22)31(25,20-11-3-1-4-12-20)21-13-5-2-6-14-21;22-21(23)20-17-12-6-4-10-15(17)19(14-8-2-1-3-9-14)16-11-5-7-13-18(16)20/h1-32H;1-19H;1-13,22-23H. The number of furan rings is 2. The summed E-state index contributed by atoms with van der Waals surface area (Å²) in [6.07, 6.45) is 0. The van der Waals surface area contributed by atoms with Crippen LogP contribution in [0.3, 0.4) is 0 Å². The summed E-state index contributed by atoms with van der Waals surface area (Å²) >= 11 is 3.93. The third-order valence-electron chi connectivity index (χ3n) is 22.6. The summed E-state index contributed by atoms with van der Waals surface area (Å²) in [6, 6.07) is 138. The zero-order valence-corrected chi connectivity index (χ0v) is 60.2. The first-order valence-electron chi connectivity index (χ1n) is 36.8. The van der Waals surface area contributed by atoms with Gasteiger partial charge in [0, 0.05) is 37.1 Å². The molecular weight excluding hydrogens is 1380 g/mol. The van der Waals surface area contributed by atoms with Crippen LogP contribution in [0.4, 0.5) is 0 Å². The van der Waals surface area contributed by atoms with E-state index >= 15 is 0 Å². The molecule has 0 saturated carbocycles. The van der Waals surface area contributed by atoms with Gasteiger partial charge >= 0.3 is 7.12 Å². The van der Waals surface area contributed by atoms with Crippen LogP contribution >= 0.6 is 15.9 Å². The van der Waals surface area contributed by atoms with E-state index in [2.05, 4.69) is 331 Å². The van der Waals surface area contributed by atoms with Crippen molar-refractivity contribution in [1.29, 1.82) is 0 Å². The SMILES string of the molecule is Brc1cc2c(c3oc4ccccc4c13)-c1ccccc1C2(c1ccccc1)c1ccccc1.OB(O)c1c2ccccc2c(-c2ccccc2)c2ccccc12.c1ccc(-c2c3ccccc3c(-c3cc4c(c5oc6ccccc6c35)-c3ccccc3C4(c3ccccc3)c3ccccc3)c3ccccc23)cc1. The second-order valence-corrected chi connectivity index (χ2v) is 29.0. The molecule has 508 valence electrons. The summed E-state index contributed by atoms with van der Waals surface area (Å²) in [5.74, 6) is 0. The van der Waals surface area contributed by atoms with Gasteiger partial charge in [0.15, 0.2) is 0 Å². The van der Waals surface area contributed by atoms with Gasteiger partial charge in [-0.15, -0.1) is 0 Å². The number of hydrogen-bond acceptors (Lipinski definition) is 4. The van der Waals surface area contributed by atoms with Crippen LogP contribution < -0.4 is 5.46 Å². The molecule has 2 heterocycles. The first-order chi connectivity index (χ1) is 53.4. The van der Waals surface area contributed by atoms with Crippen molar-refractivity contribution in [2.75, 3.05) is 0 Å². The van der Waals surface area contributed by atoms with Crippen molar-refractivity contribution < 1.29 is 18.9 Å². The summed E-state index contributed by atoms with van der Waals surface area (Å²) in [4.78, 5) is 0. The minimum absolute atomic E-state index is 0.426. The van der Waals surface area contributed by atoms with E-state index in [-0.39, 0.29) is 0 Å². The molecule has 18 aromatic carbocycles. The molecule has 0 aliphatic heterocycles. The lowest BCUT2D eigenvalue weighted by molar-refractivity contribution is 0.426. The minimum atomic E-state index is -1.50. The monoisotopic (exact) mass is 1440 g/mol. The van der Waals surface area contributed by atoms with Crippen LogP contribution in [0.5, 0.6) is 0 Å². The van der Waals surface area contributed by atoms with Crippen LogP contribution in [0.1, 0.15) is 44.5 Å². The Hall–Kier alpha value is -12.9. The molecule has 4 nitrogen and oxygen atoms in total. The highest BCUT2D eigenvalue weighted by Crippen LogP contribution is 2.63. The molecule has 0 unspecified atom stereocenters. The first kappa shape index (κ1) is 64.7. The molecule has 0 fully saturated rings. The quantitative estimate of drug-likeness (QED) is 0.118. The van der Waals surface area contributed by atoms with Gasteiger partial charge in [0.25, 0.3) is 0 Å². The summed E-state index contributed by atoms with van der Waals surface area (Å²) in [5, 5.41) is 33.2. The third kappa shape index (κ3) is 9.84. The van der Waals surface area contributed by atoms with Gasteiger partial charge in [-0.3, -0.25) is 0 Å². The second-order valence-electron chi connectivity index (χ2n) is 28.1. The molecule has 0 atom stereocenters. The maximum Gasteiger partial charge on any atom is 0.489 e. The van der Waals surface area contributed by atoms with Gasteiger partial charge in [-0.05, 0) is 162 Å². The number of hydrogen-bond donors (Lipinski definition) is 2. The van der Waals surface area contributed by atoms with E-state index < -0.39 is 17.9 Å². The van der Waals surface area contributed by atoms with Crippen molar-refractivity contribution in [3.63, 3.8) is 0 Å². The van der Waals surface area contributed by atoms with Gasteiger partial charge in [-0.2, -0.15) is 0 Å². The zero-order chi connectivity index (χ0) is 72.0. The Morgan fingerprint density at radius 3 is 0.917 bits per heavy atom. The van der Waals surface area contributed by atoms with Crippen molar-refractivity contribution in [1.82, 2.24) is 0 Å². The van der Waals surface area contributed by atoms with Gasteiger partial charge in [0.2, 0.25) is 0 Å². The van der Waals surface area contributed by atoms with E-state index in [1.807, 2.05) is 72.8 Å². The summed E-state index contributed by atoms with van der Waals surface area (Å²) < 4.78 is 14.7. The Bertz CT molecular complexity index is 6700. The highest BCUT2D eigenvalue weighted by atomic mass is 79.9.